The van der Waals surface area contributed by atoms with E-state index in [4.69, 9.17) is 22.1 Å². The number of aromatic nitrogens is 3. The van der Waals surface area contributed by atoms with Gasteiger partial charge in [0.05, 0.1) is 6.20 Å². The van der Waals surface area contributed by atoms with Gasteiger partial charge in [0.25, 0.3) is 5.91 Å². The number of hydrogen-bond acceptors (Lipinski definition) is 7. The lowest BCUT2D eigenvalue weighted by Gasteiger charge is -2.19. The Balaban J connectivity index is 1.63. The number of benzene rings is 1. The molecule has 3 heterocycles. The highest BCUT2D eigenvalue weighted by molar-refractivity contribution is 7.17. The van der Waals surface area contributed by atoms with E-state index in [0.29, 0.717) is 10.0 Å². The number of carbonyl (C=O) groups is 1. The van der Waals surface area contributed by atoms with Crippen molar-refractivity contribution in [3.8, 4) is 16.6 Å². The first-order valence-corrected chi connectivity index (χ1v) is 12.4. The number of hydrogen-bond donors (Lipinski definition) is 1. The molecule has 0 saturated heterocycles. The van der Waals surface area contributed by atoms with Crippen LogP contribution < -0.4 is 10.5 Å². The molecule has 4 rings (SSSR count). The van der Waals surface area contributed by atoms with Crippen LogP contribution in [-0.2, 0) is 6.54 Å². The summed E-state index contributed by atoms with van der Waals surface area (Å²) in [7, 11) is 6.24. The van der Waals surface area contributed by atoms with Gasteiger partial charge in [0.15, 0.2) is 4.88 Å². The summed E-state index contributed by atoms with van der Waals surface area (Å²) < 4.78 is 8.05. The minimum Gasteiger partial charge on any atom is -0.469 e. The number of primary amides is 1. The molecule has 2 N–H and O–H groups in total. The Bertz CT molecular complexity index is 1330. The van der Waals surface area contributed by atoms with Crippen LogP contribution in [-0.4, -0.2) is 64.3 Å². The van der Waals surface area contributed by atoms with Gasteiger partial charge >= 0.3 is 0 Å². The molecule has 184 valence electrons. The highest BCUT2D eigenvalue weighted by Crippen LogP contribution is 2.36. The summed E-state index contributed by atoms with van der Waals surface area (Å²) in [5.74, 6) is -0.397. The predicted octanol–water partition coefficient (Wildman–Crippen LogP) is 4.34. The largest absolute Gasteiger partial charge is 0.469 e. The Labute approximate surface area is 213 Å². The van der Waals surface area contributed by atoms with Crippen LogP contribution in [0.4, 0.5) is 0 Å². The van der Waals surface area contributed by atoms with Gasteiger partial charge in [-0.15, -0.1) is 11.3 Å². The summed E-state index contributed by atoms with van der Waals surface area (Å²) in [5.41, 5.74) is 9.17. The Morgan fingerprint density at radius 3 is 2.69 bits per heavy atom. The van der Waals surface area contributed by atoms with Crippen LogP contribution in [0.2, 0.25) is 5.02 Å². The highest BCUT2D eigenvalue weighted by atomic mass is 35.5. The molecule has 0 aliphatic heterocycles. The van der Waals surface area contributed by atoms with E-state index >= 15 is 0 Å². The van der Waals surface area contributed by atoms with E-state index in [-0.39, 0.29) is 10.8 Å². The molecule has 0 aliphatic rings. The van der Waals surface area contributed by atoms with Crippen molar-refractivity contribution in [1.82, 2.24) is 24.2 Å². The molecule has 0 fully saturated rings. The maximum atomic E-state index is 12.2. The SMILES string of the molecule is C[C@@H](Oc1nc(-c2cnc3ccc(CN(C)CCN(C)C)cn23)sc1C(N)=O)c1ccccc1Cl. The van der Waals surface area contributed by atoms with E-state index in [1.807, 2.05) is 35.6 Å². The second-order valence-electron chi connectivity index (χ2n) is 8.75. The van der Waals surface area contributed by atoms with Gasteiger partial charge in [-0.1, -0.05) is 35.9 Å². The number of likely N-dealkylation sites (N-methyl/N-ethyl adjacent to an activating group) is 2. The van der Waals surface area contributed by atoms with Crippen LogP contribution in [0.25, 0.3) is 16.3 Å². The molecule has 1 atom stereocenters. The van der Waals surface area contributed by atoms with Crippen molar-refractivity contribution in [1.29, 1.82) is 0 Å². The van der Waals surface area contributed by atoms with Crippen LogP contribution in [0.3, 0.4) is 0 Å². The molecule has 0 spiro atoms. The zero-order valence-corrected chi connectivity index (χ0v) is 21.8. The first kappa shape index (κ1) is 25.1. The van der Waals surface area contributed by atoms with Gasteiger partial charge < -0.3 is 20.3 Å². The topological polar surface area (TPSA) is 89.0 Å². The Kier molecular flexibility index (Phi) is 7.71. The maximum Gasteiger partial charge on any atom is 0.264 e. The fraction of sp³-hybridized carbons (Fsp3) is 0.320. The first-order valence-electron chi connectivity index (χ1n) is 11.2. The van der Waals surface area contributed by atoms with Gasteiger partial charge in [0.2, 0.25) is 5.88 Å². The molecule has 4 aromatic rings. The number of carbonyl (C=O) groups excluding carboxylic acids is 1. The number of amides is 1. The summed E-state index contributed by atoms with van der Waals surface area (Å²) >= 11 is 7.51. The smallest absolute Gasteiger partial charge is 0.264 e. The van der Waals surface area contributed by atoms with Gasteiger partial charge in [-0.25, -0.2) is 4.98 Å². The van der Waals surface area contributed by atoms with Gasteiger partial charge in [-0.2, -0.15) is 4.98 Å². The second-order valence-corrected chi connectivity index (χ2v) is 10.2. The number of thiazole rings is 1. The number of imidazole rings is 1. The molecule has 10 heteroatoms. The van der Waals surface area contributed by atoms with Gasteiger partial charge in [0, 0.05) is 36.4 Å². The van der Waals surface area contributed by atoms with E-state index in [2.05, 4.69) is 53.2 Å². The molecule has 35 heavy (non-hydrogen) atoms. The quantitative estimate of drug-likeness (QED) is 0.340. The molecule has 0 saturated carbocycles. The maximum absolute atomic E-state index is 12.2. The normalized spacial score (nSPS) is 12.5. The van der Waals surface area contributed by atoms with Crippen molar-refractivity contribution in [3.63, 3.8) is 0 Å². The number of halogens is 1. The predicted molar refractivity (Wildman–Crippen MR) is 140 cm³/mol. The number of nitrogens with zero attached hydrogens (tertiary/aromatic N) is 5. The Morgan fingerprint density at radius 2 is 1.97 bits per heavy atom. The van der Waals surface area contributed by atoms with Crippen molar-refractivity contribution in [3.05, 3.63) is 69.8 Å². The number of rotatable bonds is 10. The molecule has 8 nitrogen and oxygen atoms in total. The van der Waals surface area contributed by atoms with Crippen molar-refractivity contribution >= 4 is 34.5 Å². The molecule has 3 aromatic heterocycles. The molecule has 0 unspecified atom stereocenters. The van der Waals surface area contributed by atoms with Crippen molar-refractivity contribution in [2.45, 2.75) is 19.6 Å². The Hall–Kier alpha value is -2.98. The van der Waals surface area contributed by atoms with E-state index < -0.39 is 12.0 Å². The molecule has 1 amide bonds. The summed E-state index contributed by atoms with van der Waals surface area (Å²) in [6, 6.07) is 11.5. The minimum atomic E-state index is -0.591. The lowest BCUT2D eigenvalue weighted by Crippen LogP contribution is -2.28. The number of fused-ring (bicyclic) bond motifs is 1. The number of ether oxygens (including phenoxy) is 1. The molecule has 1 aromatic carbocycles. The number of nitrogens with two attached hydrogens (primary N) is 1. The molecular formula is C25H29ClN6O2S. The van der Waals surface area contributed by atoms with E-state index in [1.54, 1.807) is 12.3 Å². The third-order valence-corrected chi connectivity index (χ3v) is 7.04. The fourth-order valence-corrected chi connectivity index (χ4v) is 4.87. The highest BCUT2D eigenvalue weighted by Gasteiger charge is 2.23. The van der Waals surface area contributed by atoms with Gasteiger partial charge in [-0.05, 0) is 45.8 Å². The summed E-state index contributed by atoms with van der Waals surface area (Å²) in [6.07, 6.45) is 3.39. The Morgan fingerprint density at radius 1 is 1.20 bits per heavy atom. The van der Waals surface area contributed by atoms with Crippen LogP contribution >= 0.6 is 22.9 Å². The average Bonchev–Trinajstić information content (AvgIpc) is 3.41. The fourth-order valence-electron chi connectivity index (χ4n) is 3.72. The van der Waals surface area contributed by atoms with Crippen LogP contribution in [0.1, 0.15) is 33.8 Å². The van der Waals surface area contributed by atoms with E-state index in [9.17, 15) is 4.79 Å². The van der Waals surface area contributed by atoms with Crippen LogP contribution in [0, 0.1) is 0 Å². The lowest BCUT2D eigenvalue weighted by molar-refractivity contribution is 0.0997. The summed E-state index contributed by atoms with van der Waals surface area (Å²) in [4.78, 5) is 26.0. The monoisotopic (exact) mass is 512 g/mol. The average molecular weight is 513 g/mol. The molecule has 0 aliphatic carbocycles. The third-order valence-electron chi connectivity index (χ3n) is 5.62. The molecule has 0 bridgehead atoms. The van der Waals surface area contributed by atoms with Crippen LogP contribution in [0.5, 0.6) is 5.88 Å². The molecule has 0 radical (unpaired) electrons. The number of pyridine rings is 1. The van der Waals surface area contributed by atoms with E-state index in [1.165, 1.54) is 11.3 Å². The van der Waals surface area contributed by atoms with Crippen molar-refractivity contribution in [2.24, 2.45) is 5.73 Å². The van der Waals surface area contributed by atoms with Gasteiger partial charge in [-0.3, -0.25) is 9.20 Å². The van der Waals surface area contributed by atoms with Crippen molar-refractivity contribution in [2.75, 3.05) is 34.2 Å². The zero-order chi connectivity index (χ0) is 25.1. The lowest BCUT2D eigenvalue weighted by atomic mass is 10.1. The summed E-state index contributed by atoms with van der Waals surface area (Å²) in [5, 5.41) is 1.19. The second kappa shape index (κ2) is 10.7. The first-order chi connectivity index (χ1) is 16.7. The standard InChI is InChI=1S/C25H29ClN6O2S/c1-16(18-7-5-6-8-19(18)26)34-24-22(23(27)33)35-25(29-24)20-13-28-21-10-9-17(15-32(20)21)14-31(4)12-11-30(2)3/h5-10,13,15-16H,11-12,14H2,1-4H3,(H2,27,33)/t16-/m1/s1. The van der Waals surface area contributed by atoms with Crippen LogP contribution in [0.15, 0.2) is 48.8 Å². The third kappa shape index (κ3) is 5.82. The van der Waals surface area contributed by atoms with Gasteiger partial charge in [0.1, 0.15) is 22.5 Å². The zero-order valence-electron chi connectivity index (χ0n) is 20.2. The minimum absolute atomic E-state index is 0.194. The summed E-state index contributed by atoms with van der Waals surface area (Å²) in [6.45, 7) is 4.61. The van der Waals surface area contributed by atoms with Crippen molar-refractivity contribution < 1.29 is 9.53 Å². The molecular weight excluding hydrogens is 484 g/mol. The van der Waals surface area contributed by atoms with E-state index in [0.717, 1.165) is 42.1 Å².